The van der Waals surface area contributed by atoms with Crippen LogP contribution in [0, 0.1) is 5.82 Å². The normalized spacial score (nSPS) is 15.1. The van der Waals surface area contributed by atoms with Gasteiger partial charge in [0.05, 0.1) is 25.9 Å². The Morgan fingerprint density at radius 3 is 3.06 bits per heavy atom. The number of aliphatic imine (C=N–C) groups is 1. The average molecular weight is 252 g/mol. The van der Waals surface area contributed by atoms with Crippen molar-refractivity contribution in [2.45, 2.75) is 6.54 Å². The van der Waals surface area contributed by atoms with Gasteiger partial charge in [-0.05, 0) is 24.7 Å². The summed E-state index contributed by atoms with van der Waals surface area (Å²) in [6.07, 6.45) is 0. The predicted molar refractivity (Wildman–Crippen MR) is 69.0 cm³/mol. The monoisotopic (exact) mass is 252 g/mol. The number of hydrogen-bond donors (Lipinski definition) is 2. The van der Waals surface area contributed by atoms with Crippen LogP contribution in [0.25, 0.3) is 0 Å². The molecule has 0 atom stereocenters. The summed E-state index contributed by atoms with van der Waals surface area (Å²) in [7, 11) is 3.36. The molecule has 1 aromatic rings. The number of anilines is 1. The maximum absolute atomic E-state index is 14.0. The van der Waals surface area contributed by atoms with Gasteiger partial charge in [-0.3, -0.25) is 10.4 Å². The van der Waals surface area contributed by atoms with Gasteiger partial charge < -0.3 is 10.1 Å². The molecule has 0 saturated carbocycles. The summed E-state index contributed by atoms with van der Waals surface area (Å²) in [5.41, 5.74) is 4.33. The highest BCUT2D eigenvalue weighted by Crippen LogP contribution is 2.20. The molecule has 0 fully saturated rings. The van der Waals surface area contributed by atoms with Crippen LogP contribution in [0.3, 0.4) is 0 Å². The van der Waals surface area contributed by atoms with E-state index in [0.717, 1.165) is 5.56 Å². The Morgan fingerprint density at radius 1 is 1.56 bits per heavy atom. The molecule has 1 heterocycles. The van der Waals surface area contributed by atoms with E-state index in [1.54, 1.807) is 11.1 Å². The number of halogens is 1. The van der Waals surface area contributed by atoms with Crippen molar-refractivity contribution in [3.8, 4) is 0 Å². The number of hydrazine groups is 1. The number of nitrogens with one attached hydrogen (secondary N) is 2. The molecule has 0 aliphatic carbocycles. The molecule has 6 heteroatoms. The average Bonchev–Trinajstić information content (AvgIpc) is 2.39. The summed E-state index contributed by atoms with van der Waals surface area (Å²) < 4.78 is 19.0. The quantitative estimate of drug-likeness (QED) is 0.838. The number of amidine groups is 1. The molecule has 0 radical (unpaired) electrons. The van der Waals surface area contributed by atoms with Crippen LogP contribution in [0.4, 0.5) is 10.1 Å². The molecular weight excluding hydrogens is 235 g/mol. The molecule has 1 aromatic carbocycles. The molecule has 0 spiro atoms. The van der Waals surface area contributed by atoms with Crippen LogP contribution in [-0.4, -0.2) is 33.3 Å². The van der Waals surface area contributed by atoms with Crippen LogP contribution in [0.5, 0.6) is 0 Å². The standard InChI is InChI=1S/C12H17FN4O/c1-14-8-9-3-4-11(10(13)7-9)17-6-5-15-12(16-17)18-2/h3-4,7,14H,5-6,8H2,1-2H3,(H,15,16). The van der Waals surface area contributed by atoms with Crippen LogP contribution < -0.4 is 15.8 Å². The zero-order valence-corrected chi connectivity index (χ0v) is 10.5. The lowest BCUT2D eigenvalue weighted by molar-refractivity contribution is 0.368. The molecule has 0 amide bonds. The van der Waals surface area contributed by atoms with E-state index in [0.29, 0.717) is 31.3 Å². The number of rotatable bonds is 3. The lowest BCUT2D eigenvalue weighted by Gasteiger charge is -2.29. The van der Waals surface area contributed by atoms with Gasteiger partial charge in [-0.15, -0.1) is 0 Å². The third-order valence-electron chi connectivity index (χ3n) is 2.69. The van der Waals surface area contributed by atoms with Crippen molar-refractivity contribution in [1.29, 1.82) is 0 Å². The van der Waals surface area contributed by atoms with E-state index in [1.807, 2.05) is 13.1 Å². The van der Waals surface area contributed by atoms with Crippen LogP contribution in [-0.2, 0) is 11.3 Å². The van der Waals surface area contributed by atoms with E-state index in [4.69, 9.17) is 4.74 Å². The first-order valence-electron chi connectivity index (χ1n) is 5.80. The highest BCUT2D eigenvalue weighted by molar-refractivity contribution is 5.76. The second-order valence-corrected chi connectivity index (χ2v) is 3.97. The predicted octanol–water partition coefficient (Wildman–Crippen LogP) is 0.872. The molecule has 5 nitrogen and oxygen atoms in total. The minimum atomic E-state index is -0.257. The summed E-state index contributed by atoms with van der Waals surface area (Å²) in [4.78, 5) is 4.11. The van der Waals surface area contributed by atoms with Crippen molar-refractivity contribution >= 4 is 11.7 Å². The molecule has 2 N–H and O–H groups in total. The number of benzene rings is 1. The van der Waals surface area contributed by atoms with Gasteiger partial charge in [-0.2, -0.15) is 0 Å². The first-order valence-corrected chi connectivity index (χ1v) is 5.80. The van der Waals surface area contributed by atoms with Gasteiger partial charge >= 0.3 is 6.02 Å². The van der Waals surface area contributed by atoms with Gasteiger partial charge in [0, 0.05) is 6.54 Å². The lowest BCUT2D eigenvalue weighted by Crippen LogP contribution is -2.48. The van der Waals surface area contributed by atoms with Crippen LogP contribution >= 0.6 is 0 Å². The Hall–Kier alpha value is -1.82. The van der Waals surface area contributed by atoms with Crippen molar-refractivity contribution in [1.82, 2.24) is 10.7 Å². The van der Waals surface area contributed by atoms with E-state index in [2.05, 4.69) is 15.7 Å². The van der Waals surface area contributed by atoms with E-state index in [9.17, 15) is 4.39 Å². The first-order chi connectivity index (χ1) is 8.74. The zero-order chi connectivity index (χ0) is 13.0. The highest BCUT2D eigenvalue weighted by atomic mass is 19.1. The van der Waals surface area contributed by atoms with Gasteiger partial charge in [-0.25, -0.2) is 9.38 Å². The van der Waals surface area contributed by atoms with Gasteiger partial charge in [0.25, 0.3) is 0 Å². The van der Waals surface area contributed by atoms with Crippen LogP contribution in [0.1, 0.15) is 5.56 Å². The fourth-order valence-corrected chi connectivity index (χ4v) is 1.83. The summed E-state index contributed by atoms with van der Waals surface area (Å²) in [6, 6.07) is 5.59. The second kappa shape index (κ2) is 5.68. The number of ether oxygens (including phenoxy) is 1. The van der Waals surface area contributed by atoms with Crippen molar-refractivity contribution in [3.63, 3.8) is 0 Å². The molecule has 1 aliphatic rings. The highest BCUT2D eigenvalue weighted by Gasteiger charge is 2.17. The molecule has 2 rings (SSSR count). The topological polar surface area (TPSA) is 48.9 Å². The minimum absolute atomic E-state index is 0.257. The smallest absolute Gasteiger partial charge is 0.303 e. The Kier molecular flexibility index (Phi) is 3.99. The summed E-state index contributed by atoms with van der Waals surface area (Å²) >= 11 is 0. The maximum Gasteiger partial charge on any atom is 0.303 e. The molecule has 0 saturated heterocycles. The van der Waals surface area contributed by atoms with Gasteiger partial charge in [-0.1, -0.05) is 6.07 Å². The van der Waals surface area contributed by atoms with Crippen molar-refractivity contribution < 1.29 is 9.13 Å². The van der Waals surface area contributed by atoms with Crippen molar-refractivity contribution in [2.24, 2.45) is 4.99 Å². The Labute approximate surface area is 106 Å². The van der Waals surface area contributed by atoms with Crippen molar-refractivity contribution in [3.05, 3.63) is 29.6 Å². The molecule has 0 bridgehead atoms. The molecule has 0 unspecified atom stereocenters. The van der Waals surface area contributed by atoms with E-state index in [-0.39, 0.29) is 5.82 Å². The van der Waals surface area contributed by atoms with Gasteiger partial charge in [0.15, 0.2) is 0 Å². The van der Waals surface area contributed by atoms with E-state index < -0.39 is 0 Å². The van der Waals surface area contributed by atoms with Crippen LogP contribution in [0.2, 0.25) is 0 Å². The first kappa shape index (κ1) is 12.6. The van der Waals surface area contributed by atoms with Gasteiger partial charge in [0.1, 0.15) is 5.82 Å². The van der Waals surface area contributed by atoms with Gasteiger partial charge in [0.2, 0.25) is 0 Å². The molecule has 98 valence electrons. The second-order valence-electron chi connectivity index (χ2n) is 3.97. The Balaban J connectivity index is 2.16. The van der Waals surface area contributed by atoms with E-state index in [1.165, 1.54) is 13.2 Å². The molecule has 1 aliphatic heterocycles. The van der Waals surface area contributed by atoms with Crippen LogP contribution in [0.15, 0.2) is 23.2 Å². The third-order valence-corrected chi connectivity index (χ3v) is 2.69. The number of hydrogen-bond acceptors (Lipinski definition) is 5. The summed E-state index contributed by atoms with van der Waals surface area (Å²) in [5.74, 6) is -0.257. The fraction of sp³-hybridized carbons (Fsp3) is 0.417. The summed E-state index contributed by atoms with van der Waals surface area (Å²) in [5, 5.41) is 4.69. The Bertz CT molecular complexity index is 450. The number of methoxy groups -OCH3 is 1. The fourth-order valence-electron chi connectivity index (χ4n) is 1.83. The van der Waals surface area contributed by atoms with E-state index >= 15 is 0 Å². The van der Waals surface area contributed by atoms with Crippen molar-refractivity contribution in [2.75, 3.05) is 32.3 Å². The minimum Gasteiger partial charge on any atom is -0.467 e. The molecule has 18 heavy (non-hydrogen) atoms. The molecule has 0 aromatic heterocycles. The SMILES string of the molecule is CNCc1ccc(N2CCN=C(OC)N2)c(F)c1. The summed E-state index contributed by atoms with van der Waals surface area (Å²) in [6.45, 7) is 1.83. The molecular formula is C12H17FN4O. The lowest BCUT2D eigenvalue weighted by atomic mass is 10.2. The number of nitrogens with zero attached hydrogens (tertiary/aromatic N) is 2. The third kappa shape index (κ3) is 2.70. The maximum atomic E-state index is 14.0. The largest absolute Gasteiger partial charge is 0.467 e. The zero-order valence-electron chi connectivity index (χ0n) is 10.5. The Morgan fingerprint density at radius 2 is 2.39 bits per heavy atom.